The van der Waals surface area contributed by atoms with Crippen LogP contribution in [0.25, 0.3) is 6.08 Å². The molecule has 0 atom stereocenters. The van der Waals surface area contributed by atoms with Crippen molar-refractivity contribution in [2.75, 3.05) is 5.32 Å². The number of nitrogens with zero attached hydrogens (tertiary/aromatic N) is 1. The summed E-state index contributed by atoms with van der Waals surface area (Å²) in [6.07, 6.45) is 3.99. The van der Waals surface area contributed by atoms with Crippen LogP contribution in [-0.4, -0.2) is 22.0 Å². The van der Waals surface area contributed by atoms with Gasteiger partial charge in [-0.3, -0.25) is 4.79 Å². The van der Waals surface area contributed by atoms with E-state index in [0.29, 0.717) is 16.3 Å². The lowest BCUT2D eigenvalue weighted by molar-refractivity contribution is -0.131. The van der Waals surface area contributed by atoms with Crippen LogP contribution in [-0.2, 0) is 4.79 Å². The lowest BCUT2D eigenvalue weighted by atomic mass is 10.2. The number of thiophene rings is 1. The second-order valence-electron chi connectivity index (χ2n) is 4.45. The lowest BCUT2D eigenvalue weighted by Crippen LogP contribution is -2.11. The van der Waals surface area contributed by atoms with Crippen molar-refractivity contribution in [2.24, 2.45) is 0 Å². The zero-order chi connectivity index (χ0) is 15.4. The number of hydrogen-bond donors (Lipinski definition) is 2. The minimum atomic E-state index is -1.03. The highest BCUT2D eigenvalue weighted by molar-refractivity contribution is 7.14. The van der Waals surface area contributed by atoms with E-state index >= 15 is 0 Å². The number of amides is 1. The van der Waals surface area contributed by atoms with Crippen molar-refractivity contribution in [3.05, 3.63) is 51.4 Å². The first-order valence-corrected chi connectivity index (χ1v) is 7.03. The number of pyridine rings is 1. The Morgan fingerprint density at radius 3 is 2.71 bits per heavy atom. The molecule has 2 heterocycles. The Bertz CT molecular complexity index is 700. The van der Waals surface area contributed by atoms with Crippen LogP contribution in [0.1, 0.15) is 25.7 Å². The van der Waals surface area contributed by atoms with Gasteiger partial charge in [0.05, 0.1) is 4.88 Å². The average molecular weight is 302 g/mol. The normalized spacial score (nSPS) is 10.8. The summed E-state index contributed by atoms with van der Waals surface area (Å²) < 4.78 is 0. The SMILES string of the molecule is Cc1cc(C(=O)Nc2cc(/C=C/C(=O)O)ccn2)sc1C. The molecule has 0 bridgehead atoms. The second kappa shape index (κ2) is 6.32. The molecule has 0 saturated carbocycles. The number of hydrogen-bond acceptors (Lipinski definition) is 4. The fraction of sp³-hybridized carbons (Fsp3) is 0.133. The van der Waals surface area contributed by atoms with E-state index < -0.39 is 5.97 Å². The number of anilines is 1. The highest BCUT2D eigenvalue weighted by atomic mass is 32.1. The molecule has 2 aromatic heterocycles. The van der Waals surface area contributed by atoms with Crippen molar-refractivity contribution in [1.82, 2.24) is 4.98 Å². The van der Waals surface area contributed by atoms with Crippen LogP contribution in [0, 0.1) is 13.8 Å². The molecule has 0 aliphatic rings. The van der Waals surface area contributed by atoms with Crippen LogP contribution in [0.4, 0.5) is 5.82 Å². The lowest BCUT2D eigenvalue weighted by Gasteiger charge is -2.03. The smallest absolute Gasteiger partial charge is 0.328 e. The van der Waals surface area contributed by atoms with E-state index in [0.717, 1.165) is 16.5 Å². The number of aryl methyl sites for hydroxylation is 2. The number of carbonyl (C=O) groups excluding carboxylic acids is 1. The first-order valence-electron chi connectivity index (χ1n) is 6.21. The van der Waals surface area contributed by atoms with Crippen molar-refractivity contribution in [1.29, 1.82) is 0 Å². The van der Waals surface area contributed by atoms with Gasteiger partial charge in [0.25, 0.3) is 5.91 Å². The number of rotatable bonds is 4. The molecule has 0 unspecified atom stereocenters. The maximum atomic E-state index is 12.1. The molecule has 0 aliphatic carbocycles. The zero-order valence-corrected chi connectivity index (χ0v) is 12.4. The Balaban J connectivity index is 2.14. The number of aliphatic carboxylic acids is 1. The molecule has 0 spiro atoms. The van der Waals surface area contributed by atoms with Gasteiger partial charge in [-0.15, -0.1) is 11.3 Å². The van der Waals surface area contributed by atoms with Crippen molar-refractivity contribution >= 4 is 35.1 Å². The predicted molar refractivity (Wildman–Crippen MR) is 82.7 cm³/mol. The third kappa shape index (κ3) is 4.00. The molecule has 2 N–H and O–H groups in total. The monoisotopic (exact) mass is 302 g/mol. The van der Waals surface area contributed by atoms with Gasteiger partial charge in [-0.05, 0) is 49.2 Å². The Hall–Kier alpha value is -2.47. The number of carboxylic acids is 1. The van der Waals surface area contributed by atoms with Crippen LogP contribution >= 0.6 is 11.3 Å². The molecule has 6 heteroatoms. The molecule has 0 radical (unpaired) electrons. The van der Waals surface area contributed by atoms with Gasteiger partial charge >= 0.3 is 5.97 Å². The maximum Gasteiger partial charge on any atom is 0.328 e. The Morgan fingerprint density at radius 2 is 2.10 bits per heavy atom. The van der Waals surface area contributed by atoms with E-state index in [1.54, 1.807) is 12.1 Å². The number of carbonyl (C=O) groups is 2. The van der Waals surface area contributed by atoms with Crippen molar-refractivity contribution in [3.8, 4) is 0 Å². The van der Waals surface area contributed by atoms with Gasteiger partial charge < -0.3 is 10.4 Å². The van der Waals surface area contributed by atoms with E-state index in [-0.39, 0.29) is 5.91 Å². The molecular formula is C15H14N2O3S. The first-order chi connectivity index (χ1) is 9.95. The molecule has 0 saturated heterocycles. The molecule has 0 fully saturated rings. The van der Waals surface area contributed by atoms with E-state index in [4.69, 9.17) is 5.11 Å². The van der Waals surface area contributed by atoms with Crippen LogP contribution < -0.4 is 5.32 Å². The molecular weight excluding hydrogens is 288 g/mol. The van der Waals surface area contributed by atoms with Crippen LogP contribution in [0.2, 0.25) is 0 Å². The maximum absolute atomic E-state index is 12.1. The minimum Gasteiger partial charge on any atom is -0.478 e. The van der Waals surface area contributed by atoms with Gasteiger partial charge in [0.2, 0.25) is 0 Å². The third-order valence-electron chi connectivity index (χ3n) is 2.83. The van der Waals surface area contributed by atoms with Crippen LogP contribution in [0.3, 0.4) is 0 Å². The summed E-state index contributed by atoms with van der Waals surface area (Å²) in [5.41, 5.74) is 1.73. The van der Waals surface area contributed by atoms with Crippen LogP contribution in [0.15, 0.2) is 30.5 Å². The third-order valence-corrected chi connectivity index (χ3v) is 3.99. The number of carboxylic acid groups (broad SMARTS) is 1. The van der Waals surface area contributed by atoms with E-state index in [9.17, 15) is 9.59 Å². The first kappa shape index (κ1) is 14.9. The Labute approximate surface area is 126 Å². The average Bonchev–Trinajstić information content (AvgIpc) is 2.77. The minimum absolute atomic E-state index is 0.219. The van der Waals surface area contributed by atoms with Gasteiger partial charge in [0, 0.05) is 17.2 Å². The molecule has 5 nitrogen and oxygen atoms in total. The Kier molecular flexibility index (Phi) is 4.49. The summed E-state index contributed by atoms with van der Waals surface area (Å²) >= 11 is 1.43. The molecule has 21 heavy (non-hydrogen) atoms. The summed E-state index contributed by atoms with van der Waals surface area (Å²) in [5.74, 6) is -0.860. The van der Waals surface area contributed by atoms with Gasteiger partial charge in [-0.25, -0.2) is 9.78 Å². The molecule has 0 aliphatic heterocycles. The fourth-order valence-electron chi connectivity index (χ4n) is 1.65. The summed E-state index contributed by atoms with van der Waals surface area (Å²) in [6.45, 7) is 3.92. The molecule has 2 aromatic rings. The van der Waals surface area contributed by atoms with Crippen molar-refractivity contribution in [2.45, 2.75) is 13.8 Å². The second-order valence-corrected chi connectivity index (χ2v) is 5.71. The Morgan fingerprint density at radius 1 is 1.33 bits per heavy atom. The topological polar surface area (TPSA) is 79.3 Å². The van der Waals surface area contributed by atoms with E-state index in [1.165, 1.54) is 23.6 Å². The standard InChI is InChI=1S/C15H14N2O3S/c1-9-7-12(21-10(9)2)15(20)17-13-8-11(5-6-16-13)3-4-14(18)19/h3-8H,1-2H3,(H,18,19)(H,16,17,20)/b4-3+. The predicted octanol–water partition coefficient (Wildman–Crippen LogP) is 3.11. The van der Waals surface area contributed by atoms with Gasteiger partial charge in [-0.2, -0.15) is 0 Å². The largest absolute Gasteiger partial charge is 0.478 e. The fourth-order valence-corrected chi connectivity index (χ4v) is 2.58. The molecule has 108 valence electrons. The molecule has 2 rings (SSSR count). The van der Waals surface area contributed by atoms with E-state index in [2.05, 4.69) is 10.3 Å². The van der Waals surface area contributed by atoms with E-state index in [1.807, 2.05) is 19.9 Å². The zero-order valence-electron chi connectivity index (χ0n) is 11.6. The van der Waals surface area contributed by atoms with Gasteiger partial charge in [0.15, 0.2) is 0 Å². The summed E-state index contributed by atoms with van der Waals surface area (Å²) in [7, 11) is 0. The number of nitrogens with one attached hydrogen (secondary N) is 1. The van der Waals surface area contributed by atoms with Crippen molar-refractivity contribution in [3.63, 3.8) is 0 Å². The summed E-state index contributed by atoms with van der Waals surface area (Å²) in [5, 5.41) is 11.3. The van der Waals surface area contributed by atoms with Gasteiger partial charge in [-0.1, -0.05) is 0 Å². The molecule has 0 aromatic carbocycles. The summed E-state index contributed by atoms with van der Waals surface area (Å²) in [4.78, 5) is 28.4. The molecule has 1 amide bonds. The quantitative estimate of drug-likeness (QED) is 0.850. The van der Waals surface area contributed by atoms with Crippen molar-refractivity contribution < 1.29 is 14.7 Å². The number of aromatic nitrogens is 1. The van der Waals surface area contributed by atoms with Crippen LogP contribution in [0.5, 0.6) is 0 Å². The van der Waals surface area contributed by atoms with Gasteiger partial charge in [0.1, 0.15) is 5.82 Å². The summed E-state index contributed by atoms with van der Waals surface area (Å²) in [6, 6.07) is 5.11. The highest BCUT2D eigenvalue weighted by Crippen LogP contribution is 2.21. The highest BCUT2D eigenvalue weighted by Gasteiger charge is 2.11.